The van der Waals surface area contributed by atoms with Crippen LogP contribution in [0.25, 0.3) is 0 Å². The quantitative estimate of drug-likeness (QED) is 0.226. The van der Waals surface area contributed by atoms with Crippen molar-refractivity contribution in [2.24, 2.45) is 4.99 Å². The van der Waals surface area contributed by atoms with Gasteiger partial charge < -0.3 is 29.6 Å². The largest absolute Gasteiger partial charge is 0.497 e. The van der Waals surface area contributed by atoms with Crippen molar-refractivity contribution in [1.29, 1.82) is 0 Å². The van der Waals surface area contributed by atoms with Crippen molar-refractivity contribution in [1.82, 2.24) is 10.6 Å². The highest BCUT2D eigenvalue weighted by molar-refractivity contribution is 14.0. The summed E-state index contributed by atoms with van der Waals surface area (Å²) in [7, 11) is 3.41. The fourth-order valence-corrected chi connectivity index (χ4v) is 2.56. The van der Waals surface area contributed by atoms with Crippen LogP contribution in [0.5, 0.6) is 11.5 Å². The van der Waals surface area contributed by atoms with E-state index in [0.717, 1.165) is 56.7 Å². The molecule has 1 heterocycles. The highest BCUT2D eigenvalue weighted by Crippen LogP contribution is 2.17. The number of halogens is 1. The second-order valence-corrected chi connectivity index (χ2v) is 6.19. The van der Waals surface area contributed by atoms with Gasteiger partial charge in [-0.1, -0.05) is 0 Å². The van der Waals surface area contributed by atoms with Gasteiger partial charge in [0.25, 0.3) is 0 Å². The summed E-state index contributed by atoms with van der Waals surface area (Å²) in [6.07, 6.45) is 2.20. The number of nitrogens with one attached hydrogen (secondary N) is 2. The minimum absolute atomic E-state index is 0. The minimum Gasteiger partial charge on any atom is -0.497 e. The number of benzene rings is 1. The standard InChI is InChI=1S/C19H31N3O4.HI/c1-15(26-17-7-5-16(23-3)6-8-17)13-22-19(20-2)21-10-4-11-25-18-9-12-24-14-18;/h5-8,15,18H,4,9-14H2,1-3H3,(H2,20,21,22);1H. The molecule has 0 spiro atoms. The molecule has 0 aliphatic carbocycles. The summed E-state index contributed by atoms with van der Waals surface area (Å²) in [6, 6.07) is 7.57. The van der Waals surface area contributed by atoms with E-state index in [1.165, 1.54) is 0 Å². The van der Waals surface area contributed by atoms with Crippen LogP contribution in [0.4, 0.5) is 0 Å². The highest BCUT2D eigenvalue weighted by Gasteiger charge is 2.15. The van der Waals surface area contributed by atoms with E-state index in [1.807, 2.05) is 31.2 Å². The van der Waals surface area contributed by atoms with Crippen molar-refractivity contribution in [3.8, 4) is 11.5 Å². The average molecular weight is 493 g/mol. The summed E-state index contributed by atoms with van der Waals surface area (Å²) in [6.45, 7) is 5.75. The molecule has 1 aliphatic rings. The summed E-state index contributed by atoms with van der Waals surface area (Å²) in [5.74, 6) is 2.40. The van der Waals surface area contributed by atoms with Crippen molar-refractivity contribution in [2.45, 2.75) is 32.0 Å². The molecule has 2 atom stereocenters. The van der Waals surface area contributed by atoms with E-state index in [9.17, 15) is 0 Å². The van der Waals surface area contributed by atoms with Gasteiger partial charge in [0.2, 0.25) is 0 Å². The molecule has 27 heavy (non-hydrogen) atoms. The molecule has 1 aromatic carbocycles. The summed E-state index contributed by atoms with van der Waals surface area (Å²) in [5.41, 5.74) is 0. The monoisotopic (exact) mass is 493 g/mol. The molecule has 1 fully saturated rings. The molecule has 154 valence electrons. The second kappa shape index (κ2) is 13.8. The lowest BCUT2D eigenvalue weighted by molar-refractivity contribution is 0.0420. The average Bonchev–Trinajstić information content (AvgIpc) is 3.18. The van der Waals surface area contributed by atoms with Crippen LogP contribution < -0.4 is 20.1 Å². The number of methoxy groups -OCH3 is 1. The molecular formula is C19H32IN3O4. The molecule has 0 saturated carbocycles. The number of nitrogens with zero attached hydrogens (tertiary/aromatic N) is 1. The van der Waals surface area contributed by atoms with E-state index in [0.29, 0.717) is 6.54 Å². The van der Waals surface area contributed by atoms with Crippen LogP contribution >= 0.6 is 24.0 Å². The SMILES string of the molecule is CN=C(NCCCOC1CCOC1)NCC(C)Oc1ccc(OC)cc1.I. The predicted molar refractivity (Wildman–Crippen MR) is 118 cm³/mol. The maximum Gasteiger partial charge on any atom is 0.191 e. The molecule has 2 rings (SSSR count). The topological polar surface area (TPSA) is 73.3 Å². The van der Waals surface area contributed by atoms with Crippen molar-refractivity contribution in [2.75, 3.05) is 47.1 Å². The van der Waals surface area contributed by atoms with Crippen LogP contribution in [0, 0.1) is 0 Å². The lowest BCUT2D eigenvalue weighted by atomic mass is 10.3. The number of ether oxygens (including phenoxy) is 4. The fraction of sp³-hybridized carbons (Fsp3) is 0.632. The Balaban J connectivity index is 0.00000364. The maximum atomic E-state index is 5.88. The lowest BCUT2D eigenvalue weighted by Crippen LogP contribution is -2.42. The third-order valence-corrected chi connectivity index (χ3v) is 4.03. The van der Waals surface area contributed by atoms with Gasteiger partial charge in [0, 0.05) is 26.8 Å². The van der Waals surface area contributed by atoms with Crippen LogP contribution in [-0.4, -0.2) is 65.2 Å². The lowest BCUT2D eigenvalue weighted by Gasteiger charge is -2.18. The van der Waals surface area contributed by atoms with Crippen LogP contribution in [0.1, 0.15) is 19.8 Å². The predicted octanol–water partition coefficient (Wildman–Crippen LogP) is 2.44. The first-order chi connectivity index (χ1) is 12.7. The zero-order chi connectivity index (χ0) is 18.6. The third-order valence-electron chi connectivity index (χ3n) is 4.03. The Hall–Kier alpha value is -1.26. The first kappa shape index (κ1) is 23.8. The van der Waals surface area contributed by atoms with Crippen molar-refractivity contribution in [3.63, 3.8) is 0 Å². The number of hydrogen-bond donors (Lipinski definition) is 2. The molecule has 8 heteroatoms. The zero-order valence-electron chi connectivity index (χ0n) is 16.4. The maximum absolute atomic E-state index is 5.88. The molecule has 0 radical (unpaired) electrons. The van der Waals surface area contributed by atoms with Gasteiger partial charge in [-0.05, 0) is 44.0 Å². The first-order valence-electron chi connectivity index (χ1n) is 9.16. The van der Waals surface area contributed by atoms with Crippen LogP contribution in [0.2, 0.25) is 0 Å². The van der Waals surface area contributed by atoms with E-state index >= 15 is 0 Å². The molecule has 7 nitrogen and oxygen atoms in total. The van der Waals surface area contributed by atoms with Crippen LogP contribution in [0.15, 0.2) is 29.3 Å². The van der Waals surface area contributed by atoms with E-state index in [1.54, 1.807) is 14.2 Å². The summed E-state index contributed by atoms with van der Waals surface area (Å²) < 4.78 is 22.1. The number of rotatable bonds is 10. The number of guanidine groups is 1. The van der Waals surface area contributed by atoms with Crippen molar-refractivity contribution < 1.29 is 18.9 Å². The molecular weight excluding hydrogens is 461 g/mol. The molecule has 2 N–H and O–H groups in total. The van der Waals surface area contributed by atoms with E-state index in [-0.39, 0.29) is 36.2 Å². The first-order valence-corrected chi connectivity index (χ1v) is 9.16. The summed E-state index contributed by atoms with van der Waals surface area (Å²) in [5, 5.41) is 6.56. The highest BCUT2D eigenvalue weighted by atomic mass is 127. The smallest absolute Gasteiger partial charge is 0.191 e. The van der Waals surface area contributed by atoms with Gasteiger partial charge in [0.05, 0.1) is 26.4 Å². The van der Waals surface area contributed by atoms with Gasteiger partial charge in [-0.25, -0.2) is 0 Å². The van der Waals surface area contributed by atoms with Crippen molar-refractivity contribution in [3.05, 3.63) is 24.3 Å². The van der Waals surface area contributed by atoms with E-state index in [2.05, 4.69) is 15.6 Å². The molecule has 1 aliphatic heterocycles. The van der Waals surface area contributed by atoms with Gasteiger partial charge in [-0.2, -0.15) is 0 Å². The third kappa shape index (κ3) is 9.48. The van der Waals surface area contributed by atoms with Gasteiger partial charge in [-0.3, -0.25) is 4.99 Å². The normalized spacial score (nSPS) is 17.7. The van der Waals surface area contributed by atoms with E-state index < -0.39 is 0 Å². The number of aliphatic imine (C=N–C) groups is 1. The van der Waals surface area contributed by atoms with Crippen LogP contribution in [0.3, 0.4) is 0 Å². The second-order valence-electron chi connectivity index (χ2n) is 6.19. The van der Waals surface area contributed by atoms with Crippen molar-refractivity contribution >= 4 is 29.9 Å². The van der Waals surface area contributed by atoms with Gasteiger partial charge in [0.15, 0.2) is 5.96 Å². The zero-order valence-corrected chi connectivity index (χ0v) is 18.7. The molecule has 0 bridgehead atoms. The Kier molecular flexibility index (Phi) is 12.2. The Morgan fingerprint density at radius 2 is 2.00 bits per heavy atom. The molecule has 0 aromatic heterocycles. The molecule has 0 amide bonds. The van der Waals surface area contributed by atoms with Gasteiger partial charge in [-0.15, -0.1) is 24.0 Å². The van der Waals surface area contributed by atoms with Crippen LogP contribution in [-0.2, 0) is 9.47 Å². The fourth-order valence-electron chi connectivity index (χ4n) is 2.56. The minimum atomic E-state index is 0. The Morgan fingerprint density at radius 1 is 1.26 bits per heavy atom. The number of hydrogen-bond acceptors (Lipinski definition) is 5. The summed E-state index contributed by atoms with van der Waals surface area (Å²) >= 11 is 0. The molecule has 1 saturated heterocycles. The Labute approximate surface area is 179 Å². The Morgan fingerprint density at radius 3 is 2.63 bits per heavy atom. The summed E-state index contributed by atoms with van der Waals surface area (Å²) in [4.78, 5) is 4.23. The Bertz CT molecular complexity index is 536. The van der Waals surface area contributed by atoms with Gasteiger partial charge in [0.1, 0.15) is 17.6 Å². The molecule has 1 aromatic rings. The van der Waals surface area contributed by atoms with E-state index in [4.69, 9.17) is 18.9 Å². The van der Waals surface area contributed by atoms with Gasteiger partial charge >= 0.3 is 0 Å². The molecule has 2 unspecified atom stereocenters.